The summed E-state index contributed by atoms with van der Waals surface area (Å²) in [5.41, 5.74) is 0.501. The number of furan rings is 1. The summed E-state index contributed by atoms with van der Waals surface area (Å²) < 4.78 is 20.9. The minimum atomic E-state index is -0.967. The maximum atomic E-state index is 10.4. The quantitative estimate of drug-likeness (QED) is 0.898. The first-order valence-corrected chi connectivity index (χ1v) is 5.72. The van der Waals surface area contributed by atoms with E-state index in [-0.39, 0.29) is 0 Å². The van der Waals surface area contributed by atoms with E-state index in [9.17, 15) is 5.11 Å². The third-order valence-electron chi connectivity index (χ3n) is 2.84. The summed E-state index contributed by atoms with van der Waals surface area (Å²) in [5, 5.41) is 10.4. The first-order chi connectivity index (χ1) is 9.21. The Morgan fingerprint density at radius 2 is 1.68 bits per heavy atom. The summed E-state index contributed by atoms with van der Waals surface area (Å²) in [4.78, 5) is 0. The molecule has 5 nitrogen and oxygen atoms in total. The SMILES string of the molecule is COc1cc(OC)c(C(O)c2ccco2)c(OC)c1. The van der Waals surface area contributed by atoms with E-state index >= 15 is 0 Å². The molecule has 0 saturated heterocycles. The van der Waals surface area contributed by atoms with Crippen molar-refractivity contribution in [2.45, 2.75) is 6.10 Å². The Labute approximate surface area is 111 Å². The zero-order valence-corrected chi connectivity index (χ0v) is 11.0. The summed E-state index contributed by atoms with van der Waals surface area (Å²) in [6, 6.07) is 6.77. The molecule has 0 aliphatic carbocycles. The predicted octanol–water partition coefficient (Wildman–Crippen LogP) is 2.39. The standard InChI is InChI=1S/C14H16O5/c1-16-9-7-11(17-2)13(12(8-9)18-3)14(15)10-5-4-6-19-10/h4-8,14-15H,1-3H3. The van der Waals surface area contributed by atoms with Gasteiger partial charge >= 0.3 is 0 Å². The van der Waals surface area contributed by atoms with Crippen LogP contribution in [0.4, 0.5) is 0 Å². The van der Waals surface area contributed by atoms with E-state index < -0.39 is 6.10 Å². The highest BCUT2D eigenvalue weighted by Gasteiger charge is 2.23. The van der Waals surface area contributed by atoms with Crippen LogP contribution in [0.5, 0.6) is 17.2 Å². The second-order valence-electron chi connectivity index (χ2n) is 3.86. The van der Waals surface area contributed by atoms with Gasteiger partial charge in [-0.05, 0) is 12.1 Å². The molecule has 1 unspecified atom stereocenters. The van der Waals surface area contributed by atoms with Crippen LogP contribution in [0.15, 0.2) is 34.9 Å². The molecule has 2 aromatic rings. The Morgan fingerprint density at radius 3 is 2.11 bits per heavy atom. The molecule has 0 aliphatic heterocycles. The minimum Gasteiger partial charge on any atom is -0.496 e. The van der Waals surface area contributed by atoms with Crippen LogP contribution in [0.25, 0.3) is 0 Å². The fourth-order valence-electron chi connectivity index (χ4n) is 1.89. The monoisotopic (exact) mass is 264 g/mol. The third-order valence-corrected chi connectivity index (χ3v) is 2.84. The molecule has 0 aliphatic rings. The molecule has 1 aromatic heterocycles. The molecular formula is C14H16O5. The molecule has 19 heavy (non-hydrogen) atoms. The molecule has 2 rings (SSSR count). The van der Waals surface area contributed by atoms with Crippen molar-refractivity contribution in [1.29, 1.82) is 0 Å². The Hall–Kier alpha value is -2.14. The summed E-state index contributed by atoms with van der Waals surface area (Å²) in [6.45, 7) is 0. The molecule has 1 N–H and O–H groups in total. The van der Waals surface area contributed by atoms with Gasteiger partial charge in [-0.3, -0.25) is 0 Å². The summed E-state index contributed by atoms with van der Waals surface area (Å²) >= 11 is 0. The van der Waals surface area contributed by atoms with Gasteiger partial charge in [-0.1, -0.05) is 0 Å². The third kappa shape index (κ3) is 2.51. The lowest BCUT2D eigenvalue weighted by Crippen LogP contribution is -2.05. The van der Waals surface area contributed by atoms with Crippen LogP contribution in [-0.2, 0) is 0 Å². The molecule has 0 bridgehead atoms. The van der Waals surface area contributed by atoms with E-state index in [4.69, 9.17) is 18.6 Å². The van der Waals surface area contributed by atoms with Crippen molar-refractivity contribution in [3.05, 3.63) is 41.9 Å². The maximum absolute atomic E-state index is 10.4. The molecule has 0 saturated carbocycles. The number of hydrogen-bond donors (Lipinski definition) is 1. The van der Waals surface area contributed by atoms with Gasteiger partial charge < -0.3 is 23.7 Å². The first-order valence-electron chi connectivity index (χ1n) is 5.72. The zero-order chi connectivity index (χ0) is 13.8. The van der Waals surface area contributed by atoms with Crippen molar-refractivity contribution in [3.63, 3.8) is 0 Å². The lowest BCUT2D eigenvalue weighted by atomic mass is 10.0. The number of aliphatic hydroxyl groups is 1. The number of ether oxygens (including phenoxy) is 3. The molecule has 1 atom stereocenters. The van der Waals surface area contributed by atoms with Crippen molar-refractivity contribution in [1.82, 2.24) is 0 Å². The molecule has 1 aromatic carbocycles. The van der Waals surface area contributed by atoms with Gasteiger partial charge in [-0.15, -0.1) is 0 Å². The summed E-state index contributed by atoms with van der Waals surface area (Å²) in [7, 11) is 4.59. The van der Waals surface area contributed by atoms with E-state index in [0.29, 0.717) is 28.6 Å². The average molecular weight is 264 g/mol. The van der Waals surface area contributed by atoms with Gasteiger partial charge in [-0.2, -0.15) is 0 Å². The van der Waals surface area contributed by atoms with Crippen LogP contribution < -0.4 is 14.2 Å². The van der Waals surface area contributed by atoms with Gasteiger partial charge in [0.25, 0.3) is 0 Å². The van der Waals surface area contributed by atoms with Gasteiger partial charge in [0.15, 0.2) is 0 Å². The van der Waals surface area contributed by atoms with E-state index in [1.54, 1.807) is 31.4 Å². The largest absolute Gasteiger partial charge is 0.496 e. The summed E-state index contributed by atoms with van der Waals surface area (Å²) in [6.07, 6.45) is 0.534. The Bertz CT molecular complexity index is 508. The highest BCUT2D eigenvalue weighted by molar-refractivity contribution is 5.53. The van der Waals surface area contributed by atoms with Gasteiger partial charge in [0, 0.05) is 12.1 Å². The van der Waals surface area contributed by atoms with Crippen molar-refractivity contribution in [2.24, 2.45) is 0 Å². The van der Waals surface area contributed by atoms with Crippen molar-refractivity contribution in [2.75, 3.05) is 21.3 Å². The van der Waals surface area contributed by atoms with Crippen molar-refractivity contribution >= 4 is 0 Å². The van der Waals surface area contributed by atoms with E-state index in [2.05, 4.69) is 0 Å². The lowest BCUT2D eigenvalue weighted by Gasteiger charge is -2.18. The molecule has 5 heteroatoms. The molecule has 102 valence electrons. The molecular weight excluding hydrogens is 248 g/mol. The van der Waals surface area contributed by atoms with Crippen molar-refractivity contribution < 1.29 is 23.7 Å². The van der Waals surface area contributed by atoms with Crippen molar-refractivity contribution in [3.8, 4) is 17.2 Å². The fourth-order valence-corrected chi connectivity index (χ4v) is 1.89. The number of methoxy groups -OCH3 is 3. The Morgan fingerprint density at radius 1 is 1.05 bits per heavy atom. The van der Waals surface area contributed by atoms with Crippen LogP contribution in [-0.4, -0.2) is 26.4 Å². The minimum absolute atomic E-state index is 0.418. The molecule has 0 radical (unpaired) electrons. The van der Waals surface area contributed by atoms with Crippen LogP contribution in [0.1, 0.15) is 17.4 Å². The van der Waals surface area contributed by atoms with E-state index in [0.717, 1.165) is 0 Å². The Balaban J connectivity index is 2.54. The van der Waals surface area contributed by atoms with Crippen LogP contribution in [0, 0.1) is 0 Å². The van der Waals surface area contributed by atoms with Gasteiger partial charge in [0.2, 0.25) is 0 Å². The topological polar surface area (TPSA) is 61.1 Å². The van der Waals surface area contributed by atoms with Gasteiger partial charge in [-0.25, -0.2) is 0 Å². The number of benzene rings is 1. The fraction of sp³-hybridized carbons (Fsp3) is 0.286. The summed E-state index contributed by atoms with van der Waals surface area (Å²) in [5.74, 6) is 1.95. The maximum Gasteiger partial charge on any atom is 0.144 e. The van der Waals surface area contributed by atoms with Gasteiger partial charge in [0.05, 0.1) is 33.2 Å². The second kappa shape index (κ2) is 5.67. The van der Waals surface area contributed by atoms with Crippen LogP contribution in [0.3, 0.4) is 0 Å². The molecule has 0 spiro atoms. The highest BCUT2D eigenvalue weighted by atomic mass is 16.5. The second-order valence-corrected chi connectivity index (χ2v) is 3.86. The number of hydrogen-bond acceptors (Lipinski definition) is 5. The zero-order valence-electron chi connectivity index (χ0n) is 11.0. The first kappa shape index (κ1) is 13.3. The van der Waals surface area contributed by atoms with Gasteiger partial charge in [0.1, 0.15) is 29.1 Å². The van der Waals surface area contributed by atoms with Crippen LogP contribution >= 0.6 is 0 Å². The van der Waals surface area contributed by atoms with Crippen LogP contribution in [0.2, 0.25) is 0 Å². The lowest BCUT2D eigenvalue weighted by molar-refractivity contribution is 0.180. The van der Waals surface area contributed by atoms with E-state index in [1.807, 2.05) is 0 Å². The smallest absolute Gasteiger partial charge is 0.144 e. The number of rotatable bonds is 5. The molecule has 1 heterocycles. The molecule has 0 amide bonds. The van der Waals surface area contributed by atoms with E-state index in [1.165, 1.54) is 20.5 Å². The Kier molecular flexibility index (Phi) is 3.97. The normalized spacial score (nSPS) is 12.0. The molecule has 0 fully saturated rings. The number of aliphatic hydroxyl groups excluding tert-OH is 1. The predicted molar refractivity (Wildman–Crippen MR) is 68.9 cm³/mol. The highest BCUT2D eigenvalue weighted by Crippen LogP contribution is 2.40. The average Bonchev–Trinajstić information content (AvgIpc) is 2.99.